The van der Waals surface area contributed by atoms with Gasteiger partial charge in [-0.05, 0) is 37.8 Å². The van der Waals surface area contributed by atoms with Crippen LogP contribution in [-0.4, -0.2) is 16.1 Å². The SMILES string of the molecule is CCCC1CC1NCc1nc(C)ccc1O. The van der Waals surface area contributed by atoms with Crippen LogP contribution in [0.5, 0.6) is 5.75 Å². The molecule has 2 N–H and O–H groups in total. The van der Waals surface area contributed by atoms with Crippen LogP contribution in [0, 0.1) is 12.8 Å². The minimum Gasteiger partial charge on any atom is -0.506 e. The summed E-state index contributed by atoms with van der Waals surface area (Å²) in [6, 6.07) is 4.19. The monoisotopic (exact) mass is 220 g/mol. The molecule has 3 heteroatoms. The number of nitrogens with one attached hydrogen (secondary N) is 1. The molecular formula is C13H20N2O. The molecule has 1 heterocycles. The van der Waals surface area contributed by atoms with Crippen molar-refractivity contribution in [3.63, 3.8) is 0 Å². The molecule has 1 aromatic rings. The quantitative estimate of drug-likeness (QED) is 0.800. The number of nitrogens with zero attached hydrogens (tertiary/aromatic N) is 1. The topological polar surface area (TPSA) is 45.2 Å². The Balaban J connectivity index is 1.84. The Hall–Kier alpha value is -1.09. The van der Waals surface area contributed by atoms with Gasteiger partial charge in [0.05, 0.1) is 5.69 Å². The van der Waals surface area contributed by atoms with E-state index in [4.69, 9.17) is 0 Å². The summed E-state index contributed by atoms with van der Waals surface area (Å²) in [6.07, 6.45) is 3.85. The standard InChI is InChI=1S/C13H20N2O/c1-3-4-10-7-11(10)14-8-12-13(16)6-5-9(2)15-12/h5-6,10-11,14,16H,3-4,7-8H2,1-2H3. The normalized spacial score (nSPS) is 23.4. The van der Waals surface area contributed by atoms with Crippen molar-refractivity contribution in [1.29, 1.82) is 0 Å². The molecule has 16 heavy (non-hydrogen) atoms. The molecule has 0 bridgehead atoms. The van der Waals surface area contributed by atoms with Crippen LogP contribution in [0.2, 0.25) is 0 Å². The first-order valence-corrected chi connectivity index (χ1v) is 6.09. The van der Waals surface area contributed by atoms with E-state index in [1.54, 1.807) is 6.07 Å². The van der Waals surface area contributed by atoms with E-state index < -0.39 is 0 Å². The second-order valence-corrected chi connectivity index (χ2v) is 4.69. The minimum atomic E-state index is 0.297. The molecule has 88 valence electrons. The molecule has 0 aliphatic heterocycles. The first kappa shape index (κ1) is 11.4. The molecule has 0 radical (unpaired) electrons. The Morgan fingerprint density at radius 2 is 2.31 bits per heavy atom. The highest BCUT2D eigenvalue weighted by molar-refractivity contribution is 5.27. The van der Waals surface area contributed by atoms with Crippen LogP contribution in [0.3, 0.4) is 0 Å². The molecule has 0 saturated heterocycles. The maximum atomic E-state index is 9.64. The molecule has 2 unspecified atom stereocenters. The van der Waals surface area contributed by atoms with E-state index in [9.17, 15) is 5.11 Å². The number of aryl methyl sites for hydroxylation is 1. The van der Waals surface area contributed by atoms with Gasteiger partial charge in [-0.1, -0.05) is 13.3 Å². The number of aromatic hydroxyl groups is 1. The van der Waals surface area contributed by atoms with Gasteiger partial charge in [0.2, 0.25) is 0 Å². The van der Waals surface area contributed by atoms with Crippen LogP contribution in [0.4, 0.5) is 0 Å². The summed E-state index contributed by atoms with van der Waals surface area (Å²) in [6.45, 7) is 4.85. The Kier molecular flexibility index (Phi) is 3.44. The molecular weight excluding hydrogens is 200 g/mol. The molecule has 1 fully saturated rings. The summed E-state index contributed by atoms with van der Waals surface area (Å²) in [5.41, 5.74) is 1.72. The van der Waals surface area contributed by atoms with Crippen LogP contribution in [0.15, 0.2) is 12.1 Å². The Labute approximate surface area is 96.9 Å². The molecule has 3 nitrogen and oxygen atoms in total. The van der Waals surface area contributed by atoms with Gasteiger partial charge in [-0.2, -0.15) is 0 Å². The largest absolute Gasteiger partial charge is 0.506 e. The third kappa shape index (κ3) is 2.73. The van der Waals surface area contributed by atoms with Crippen molar-refractivity contribution < 1.29 is 5.11 Å². The van der Waals surface area contributed by atoms with Gasteiger partial charge in [0.15, 0.2) is 0 Å². The molecule has 2 atom stereocenters. The maximum Gasteiger partial charge on any atom is 0.138 e. The summed E-state index contributed by atoms with van der Waals surface area (Å²) < 4.78 is 0. The third-order valence-electron chi connectivity index (χ3n) is 3.20. The van der Waals surface area contributed by atoms with Crippen molar-refractivity contribution in [2.75, 3.05) is 0 Å². The molecule has 2 rings (SSSR count). The highest BCUT2D eigenvalue weighted by Crippen LogP contribution is 2.34. The second-order valence-electron chi connectivity index (χ2n) is 4.69. The summed E-state index contributed by atoms with van der Waals surface area (Å²) >= 11 is 0. The van der Waals surface area contributed by atoms with Gasteiger partial charge in [-0.25, -0.2) is 0 Å². The van der Waals surface area contributed by atoms with Gasteiger partial charge >= 0.3 is 0 Å². The Morgan fingerprint density at radius 1 is 1.50 bits per heavy atom. The zero-order valence-corrected chi connectivity index (χ0v) is 10.0. The van der Waals surface area contributed by atoms with E-state index in [0.29, 0.717) is 18.3 Å². The molecule has 0 amide bonds. The molecule has 1 aliphatic rings. The van der Waals surface area contributed by atoms with E-state index in [1.807, 2.05) is 13.0 Å². The number of hydrogen-bond donors (Lipinski definition) is 2. The van der Waals surface area contributed by atoms with Crippen LogP contribution < -0.4 is 5.32 Å². The molecule has 0 aromatic carbocycles. The lowest BCUT2D eigenvalue weighted by Crippen LogP contribution is -2.18. The first-order chi connectivity index (χ1) is 7.70. The first-order valence-electron chi connectivity index (χ1n) is 6.09. The van der Waals surface area contributed by atoms with Crippen molar-refractivity contribution >= 4 is 0 Å². The fourth-order valence-corrected chi connectivity index (χ4v) is 2.15. The highest BCUT2D eigenvalue weighted by atomic mass is 16.3. The lowest BCUT2D eigenvalue weighted by Gasteiger charge is -2.06. The predicted octanol–water partition coefficient (Wildman–Crippen LogP) is 2.37. The molecule has 1 saturated carbocycles. The number of rotatable bonds is 5. The second kappa shape index (κ2) is 4.83. The summed E-state index contributed by atoms with van der Waals surface area (Å²) in [5, 5.41) is 13.1. The van der Waals surface area contributed by atoms with Gasteiger partial charge in [0.1, 0.15) is 5.75 Å². The summed E-state index contributed by atoms with van der Waals surface area (Å²) in [5.74, 6) is 1.14. The van der Waals surface area contributed by atoms with Crippen LogP contribution in [-0.2, 0) is 6.54 Å². The van der Waals surface area contributed by atoms with Gasteiger partial charge in [-0.15, -0.1) is 0 Å². The van der Waals surface area contributed by atoms with Gasteiger partial charge < -0.3 is 10.4 Å². The number of pyridine rings is 1. The maximum absolute atomic E-state index is 9.64. The van der Waals surface area contributed by atoms with E-state index in [0.717, 1.165) is 17.3 Å². The van der Waals surface area contributed by atoms with E-state index in [-0.39, 0.29) is 0 Å². The number of hydrogen-bond acceptors (Lipinski definition) is 3. The average Bonchev–Trinajstić information content (AvgIpc) is 2.99. The zero-order valence-electron chi connectivity index (χ0n) is 10.0. The van der Waals surface area contributed by atoms with Crippen molar-refractivity contribution in [3.05, 3.63) is 23.5 Å². The lowest BCUT2D eigenvalue weighted by molar-refractivity contribution is 0.457. The Bertz CT molecular complexity index is 365. The van der Waals surface area contributed by atoms with Crippen molar-refractivity contribution in [2.24, 2.45) is 5.92 Å². The van der Waals surface area contributed by atoms with Gasteiger partial charge in [0, 0.05) is 18.3 Å². The predicted molar refractivity (Wildman–Crippen MR) is 64.3 cm³/mol. The van der Waals surface area contributed by atoms with Crippen molar-refractivity contribution in [2.45, 2.75) is 45.7 Å². The van der Waals surface area contributed by atoms with Crippen molar-refractivity contribution in [3.8, 4) is 5.75 Å². The van der Waals surface area contributed by atoms with Gasteiger partial charge in [-0.3, -0.25) is 4.98 Å². The highest BCUT2D eigenvalue weighted by Gasteiger charge is 2.35. The van der Waals surface area contributed by atoms with Crippen LogP contribution in [0.1, 0.15) is 37.6 Å². The van der Waals surface area contributed by atoms with Gasteiger partial charge in [0.25, 0.3) is 0 Å². The van der Waals surface area contributed by atoms with Crippen molar-refractivity contribution in [1.82, 2.24) is 10.3 Å². The van der Waals surface area contributed by atoms with E-state index in [1.165, 1.54) is 19.3 Å². The lowest BCUT2D eigenvalue weighted by atomic mass is 10.2. The summed E-state index contributed by atoms with van der Waals surface area (Å²) in [4.78, 5) is 4.33. The van der Waals surface area contributed by atoms with E-state index >= 15 is 0 Å². The molecule has 1 aromatic heterocycles. The molecule has 1 aliphatic carbocycles. The zero-order chi connectivity index (χ0) is 11.5. The van der Waals surface area contributed by atoms with Crippen LogP contribution >= 0.6 is 0 Å². The Morgan fingerprint density at radius 3 is 3.06 bits per heavy atom. The summed E-state index contributed by atoms with van der Waals surface area (Å²) in [7, 11) is 0. The van der Waals surface area contributed by atoms with Crippen LogP contribution in [0.25, 0.3) is 0 Å². The average molecular weight is 220 g/mol. The molecule has 0 spiro atoms. The fourth-order valence-electron chi connectivity index (χ4n) is 2.15. The smallest absolute Gasteiger partial charge is 0.138 e. The fraction of sp³-hybridized carbons (Fsp3) is 0.615. The minimum absolute atomic E-state index is 0.297. The van der Waals surface area contributed by atoms with E-state index in [2.05, 4.69) is 17.2 Å². The number of aromatic nitrogens is 1. The third-order valence-corrected chi connectivity index (χ3v) is 3.20.